The fourth-order valence-electron chi connectivity index (χ4n) is 2.77. The summed E-state index contributed by atoms with van der Waals surface area (Å²) in [6.07, 6.45) is 0. The summed E-state index contributed by atoms with van der Waals surface area (Å²) in [6, 6.07) is 24.1. The largest absolute Gasteiger partial charge is 0.490 e. The van der Waals surface area contributed by atoms with Crippen LogP contribution in [0.1, 0.15) is 10.4 Å². The number of carbonyl (C=O) groups is 2. The number of hydrazine groups is 1. The van der Waals surface area contributed by atoms with Gasteiger partial charge in [0.05, 0.1) is 12.2 Å². The molecule has 0 radical (unpaired) electrons. The van der Waals surface area contributed by atoms with Gasteiger partial charge in [0, 0.05) is 7.11 Å². The average molecular weight is 420 g/mol. The number of carbonyl (C=O) groups excluding carboxylic acids is 2. The van der Waals surface area contributed by atoms with Crippen molar-refractivity contribution in [3.63, 3.8) is 0 Å². The average Bonchev–Trinajstić information content (AvgIpc) is 2.82. The van der Waals surface area contributed by atoms with Gasteiger partial charge in [0.2, 0.25) is 0 Å². The Bertz CT molecular complexity index is 990. The molecule has 160 valence electrons. The van der Waals surface area contributed by atoms with Crippen LogP contribution in [0.25, 0.3) is 11.1 Å². The fraction of sp³-hybridized carbons (Fsp3) is 0.167. The van der Waals surface area contributed by atoms with Crippen molar-refractivity contribution in [2.24, 2.45) is 0 Å². The smallest absolute Gasteiger partial charge is 0.276 e. The molecule has 3 aromatic carbocycles. The second-order valence-corrected chi connectivity index (χ2v) is 6.52. The molecule has 2 N–H and O–H groups in total. The van der Waals surface area contributed by atoms with Crippen molar-refractivity contribution >= 4 is 11.8 Å². The van der Waals surface area contributed by atoms with E-state index in [1.807, 2.05) is 42.5 Å². The Kier molecular flexibility index (Phi) is 8.02. The van der Waals surface area contributed by atoms with Crippen molar-refractivity contribution < 1.29 is 23.8 Å². The number of hydrogen-bond donors (Lipinski definition) is 2. The first-order valence-corrected chi connectivity index (χ1v) is 9.75. The first-order chi connectivity index (χ1) is 15.2. The van der Waals surface area contributed by atoms with Crippen molar-refractivity contribution in [2.75, 3.05) is 26.9 Å². The number of hydrogen-bond acceptors (Lipinski definition) is 5. The summed E-state index contributed by atoms with van der Waals surface area (Å²) in [6.45, 7) is 0.470. The van der Waals surface area contributed by atoms with E-state index < -0.39 is 11.8 Å². The SMILES string of the molecule is COCCOc1ccccc1C(=O)NNC(=O)COc1ccc(-c2ccccc2)cc1. The van der Waals surface area contributed by atoms with Gasteiger partial charge < -0.3 is 14.2 Å². The van der Waals surface area contributed by atoms with E-state index in [9.17, 15) is 9.59 Å². The molecule has 0 aliphatic rings. The Hall–Kier alpha value is -3.84. The summed E-state index contributed by atoms with van der Waals surface area (Å²) in [5.74, 6) is -0.0223. The molecule has 31 heavy (non-hydrogen) atoms. The molecule has 3 aromatic rings. The summed E-state index contributed by atoms with van der Waals surface area (Å²) in [7, 11) is 1.57. The van der Waals surface area contributed by atoms with Gasteiger partial charge in [-0.3, -0.25) is 20.4 Å². The highest BCUT2D eigenvalue weighted by molar-refractivity contribution is 5.97. The molecule has 7 heteroatoms. The minimum absolute atomic E-state index is 0.239. The number of para-hydroxylation sites is 1. The van der Waals surface area contributed by atoms with Crippen LogP contribution in [0.15, 0.2) is 78.9 Å². The number of rotatable bonds is 9. The molecular weight excluding hydrogens is 396 g/mol. The zero-order valence-electron chi connectivity index (χ0n) is 17.2. The molecule has 0 atom stereocenters. The first-order valence-electron chi connectivity index (χ1n) is 9.75. The van der Waals surface area contributed by atoms with Crippen molar-refractivity contribution in [3.8, 4) is 22.6 Å². The number of amides is 2. The molecule has 0 bridgehead atoms. The van der Waals surface area contributed by atoms with E-state index in [1.54, 1.807) is 43.5 Å². The number of methoxy groups -OCH3 is 1. The molecule has 0 heterocycles. The van der Waals surface area contributed by atoms with Gasteiger partial charge in [-0.1, -0.05) is 54.6 Å². The van der Waals surface area contributed by atoms with E-state index in [0.29, 0.717) is 30.3 Å². The molecule has 0 aromatic heterocycles. The van der Waals surface area contributed by atoms with Gasteiger partial charge in [-0.05, 0) is 35.4 Å². The van der Waals surface area contributed by atoms with Crippen molar-refractivity contribution in [1.29, 1.82) is 0 Å². The lowest BCUT2D eigenvalue weighted by Crippen LogP contribution is -2.43. The minimum atomic E-state index is -0.492. The summed E-state index contributed by atoms with van der Waals surface area (Å²) < 4.78 is 16.0. The Balaban J connectivity index is 1.47. The van der Waals surface area contributed by atoms with E-state index in [2.05, 4.69) is 10.9 Å². The Morgan fingerprint density at radius 1 is 0.742 bits per heavy atom. The summed E-state index contributed by atoms with van der Waals surface area (Å²) in [4.78, 5) is 24.4. The van der Waals surface area contributed by atoms with Crippen LogP contribution < -0.4 is 20.3 Å². The number of ether oxygens (including phenoxy) is 3. The predicted molar refractivity (Wildman–Crippen MR) is 117 cm³/mol. The lowest BCUT2D eigenvalue weighted by atomic mass is 10.1. The third kappa shape index (κ3) is 6.58. The standard InChI is InChI=1S/C24H24N2O5/c1-29-15-16-30-22-10-6-5-9-21(22)24(28)26-25-23(27)17-31-20-13-11-19(12-14-20)18-7-3-2-4-8-18/h2-14H,15-17H2,1H3,(H,25,27)(H,26,28). The molecule has 0 unspecified atom stereocenters. The Labute approximate surface area is 180 Å². The van der Waals surface area contributed by atoms with E-state index in [1.165, 1.54) is 0 Å². The summed E-state index contributed by atoms with van der Waals surface area (Å²) >= 11 is 0. The van der Waals surface area contributed by atoms with E-state index in [-0.39, 0.29) is 6.61 Å². The van der Waals surface area contributed by atoms with Crippen LogP contribution in [-0.4, -0.2) is 38.7 Å². The maximum Gasteiger partial charge on any atom is 0.276 e. The Morgan fingerprint density at radius 2 is 1.42 bits per heavy atom. The molecule has 7 nitrogen and oxygen atoms in total. The van der Waals surface area contributed by atoms with Gasteiger partial charge in [-0.2, -0.15) is 0 Å². The van der Waals surface area contributed by atoms with Gasteiger partial charge in [0.15, 0.2) is 6.61 Å². The normalized spacial score (nSPS) is 10.2. The Morgan fingerprint density at radius 3 is 2.16 bits per heavy atom. The van der Waals surface area contributed by atoms with Gasteiger partial charge in [0.1, 0.15) is 18.1 Å². The molecule has 0 saturated heterocycles. The highest BCUT2D eigenvalue weighted by Gasteiger charge is 2.13. The quantitative estimate of drug-likeness (QED) is 0.410. The lowest BCUT2D eigenvalue weighted by molar-refractivity contribution is -0.123. The van der Waals surface area contributed by atoms with Crippen molar-refractivity contribution in [1.82, 2.24) is 10.9 Å². The van der Waals surface area contributed by atoms with Gasteiger partial charge in [-0.25, -0.2) is 0 Å². The number of nitrogens with one attached hydrogen (secondary N) is 2. The number of benzene rings is 3. The fourth-order valence-corrected chi connectivity index (χ4v) is 2.77. The van der Waals surface area contributed by atoms with Gasteiger partial charge >= 0.3 is 0 Å². The van der Waals surface area contributed by atoms with Crippen LogP contribution in [0.3, 0.4) is 0 Å². The molecule has 0 fully saturated rings. The second-order valence-electron chi connectivity index (χ2n) is 6.52. The van der Waals surface area contributed by atoms with Crippen LogP contribution in [0.5, 0.6) is 11.5 Å². The van der Waals surface area contributed by atoms with Gasteiger partial charge in [-0.15, -0.1) is 0 Å². The van der Waals surface area contributed by atoms with Crippen molar-refractivity contribution in [3.05, 3.63) is 84.4 Å². The van der Waals surface area contributed by atoms with E-state index in [0.717, 1.165) is 11.1 Å². The highest BCUT2D eigenvalue weighted by atomic mass is 16.5. The summed E-state index contributed by atoms with van der Waals surface area (Å²) in [5, 5.41) is 0. The monoisotopic (exact) mass is 420 g/mol. The van der Waals surface area contributed by atoms with E-state index >= 15 is 0 Å². The third-order valence-electron chi connectivity index (χ3n) is 4.32. The maximum absolute atomic E-state index is 12.4. The molecular formula is C24H24N2O5. The highest BCUT2D eigenvalue weighted by Crippen LogP contribution is 2.22. The zero-order chi connectivity index (χ0) is 21.9. The summed E-state index contributed by atoms with van der Waals surface area (Å²) in [5.41, 5.74) is 7.16. The first kappa shape index (κ1) is 21.9. The van der Waals surface area contributed by atoms with Crippen LogP contribution in [0, 0.1) is 0 Å². The predicted octanol–water partition coefficient (Wildman–Crippen LogP) is 3.22. The lowest BCUT2D eigenvalue weighted by Gasteiger charge is -2.12. The van der Waals surface area contributed by atoms with Crippen LogP contribution in [0.4, 0.5) is 0 Å². The van der Waals surface area contributed by atoms with Crippen LogP contribution in [-0.2, 0) is 9.53 Å². The molecule has 0 saturated carbocycles. The second kappa shape index (κ2) is 11.4. The molecule has 0 aliphatic heterocycles. The third-order valence-corrected chi connectivity index (χ3v) is 4.32. The van der Waals surface area contributed by atoms with Gasteiger partial charge in [0.25, 0.3) is 11.8 Å². The molecule has 0 spiro atoms. The zero-order valence-corrected chi connectivity index (χ0v) is 17.2. The minimum Gasteiger partial charge on any atom is -0.490 e. The molecule has 3 rings (SSSR count). The topological polar surface area (TPSA) is 85.9 Å². The molecule has 0 aliphatic carbocycles. The van der Waals surface area contributed by atoms with Crippen molar-refractivity contribution in [2.45, 2.75) is 0 Å². The molecule has 2 amide bonds. The van der Waals surface area contributed by atoms with Crippen LogP contribution >= 0.6 is 0 Å². The maximum atomic E-state index is 12.4. The van der Waals surface area contributed by atoms with E-state index in [4.69, 9.17) is 14.2 Å². The van der Waals surface area contributed by atoms with Crippen LogP contribution in [0.2, 0.25) is 0 Å².